The Hall–Kier alpha value is -2.95. The average molecular weight is 369 g/mol. The van der Waals surface area contributed by atoms with Crippen LogP contribution in [0.4, 0.5) is 0 Å². The molecule has 27 heavy (non-hydrogen) atoms. The molecular weight excluding hydrogens is 342 g/mol. The molecule has 0 spiro atoms. The van der Waals surface area contributed by atoms with E-state index in [-0.39, 0.29) is 11.9 Å². The van der Waals surface area contributed by atoms with E-state index in [9.17, 15) is 4.79 Å². The fourth-order valence-corrected chi connectivity index (χ4v) is 2.80. The van der Waals surface area contributed by atoms with Gasteiger partial charge in [-0.2, -0.15) is 0 Å². The van der Waals surface area contributed by atoms with E-state index in [1.807, 2.05) is 19.1 Å². The molecule has 0 radical (unpaired) electrons. The van der Waals surface area contributed by atoms with Crippen LogP contribution in [-0.2, 0) is 4.79 Å². The molecule has 1 amide bonds. The number of amides is 1. The van der Waals surface area contributed by atoms with Crippen molar-refractivity contribution in [2.45, 2.75) is 26.8 Å². The molecule has 5 heteroatoms. The number of ether oxygens (including phenoxy) is 3. The molecule has 0 aliphatic rings. The third-order valence-corrected chi connectivity index (χ3v) is 4.54. The highest BCUT2D eigenvalue weighted by molar-refractivity contribution is 5.92. The van der Waals surface area contributed by atoms with Gasteiger partial charge in [0.25, 0.3) is 0 Å². The van der Waals surface area contributed by atoms with Crippen molar-refractivity contribution in [1.29, 1.82) is 0 Å². The number of hydrogen-bond acceptors (Lipinski definition) is 4. The maximum atomic E-state index is 12.3. The van der Waals surface area contributed by atoms with Crippen LogP contribution in [0.15, 0.2) is 36.4 Å². The van der Waals surface area contributed by atoms with Gasteiger partial charge in [0.05, 0.1) is 27.4 Å². The molecule has 2 aromatic rings. The average Bonchev–Trinajstić information content (AvgIpc) is 2.67. The maximum absolute atomic E-state index is 12.3. The summed E-state index contributed by atoms with van der Waals surface area (Å²) in [5.41, 5.74) is 4.24. The van der Waals surface area contributed by atoms with Crippen molar-refractivity contribution in [3.05, 3.63) is 58.7 Å². The van der Waals surface area contributed by atoms with E-state index in [1.165, 1.54) is 17.2 Å². The van der Waals surface area contributed by atoms with E-state index in [0.29, 0.717) is 17.2 Å². The predicted octanol–water partition coefficient (Wildman–Crippen LogP) is 4.22. The van der Waals surface area contributed by atoms with Crippen molar-refractivity contribution < 1.29 is 19.0 Å². The van der Waals surface area contributed by atoms with E-state index in [2.05, 4.69) is 31.3 Å². The molecule has 0 aliphatic heterocycles. The van der Waals surface area contributed by atoms with E-state index in [4.69, 9.17) is 14.2 Å². The van der Waals surface area contributed by atoms with Crippen molar-refractivity contribution in [2.24, 2.45) is 0 Å². The molecule has 0 aromatic heterocycles. The van der Waals surface area contributed by atoms with Crippen LogP contribution in [-0.4, -0.2) is 27.2 Å². The summed E-state index contributed by atoms with van der Waals surface area (Å²) in [5.74, 6) is 1.39. The van der Waals surface area contributed by atoms with Gasteiger partial charge in [-0.3, -0.25) is 4.79 Å². The number of carbonyl (C=O) groups excluding carboxylic acids is 1. The molecule has 2 rings (SSSR count). The van der Waals surface area contributed by atoms with Crippen molar-refractivity contribution >= 4 is 12.0 Å². The van der Waals surface area contributed by atoms with Crippen LogP contribution < -0.4 is 19.5 Å². The van der Waals surface area contributed by atoms with Gasteiger partial charge in [-0.25, -0.2) is 0 Å². The molecule has 5 nitrogen and oxygen atoms in total. The predicted molar refractivity (Wildman–Crippen MR) is 108 cm³/mol. The minimum Gasteiger partial charge on any atom is -0.493 e. The van der Waals surface area contributed by atoms with Crippen LogP contribution in [0.5, 0.6) is 17.2 Å². The van der Waals surface area contributed by atoms with Crippen LogP contribution in [0.3, 0.4) is 0 Å². The third kappa shape index (κ3) is 4.82. The van der Waals surface area contributed by atoms with Gasteiger partial charge in [0.2, 0.25) is 11.7 Å². The number of carbonyl (C=O) groups is 1. The Morgan fingerprint density at radius 1 is 0.963 bits per heavy atom. The number of aryl methyl sites for hydroxylation is 2. The Balaban J connectivity index is 2.15. The summed E-state index contributed by atoms with van der Waals surface area (Å²) in [6.45, 7) is 6.10. The molecule has 0 aliphatic carbocycles. The Morgan fingerprint density at radius 3 is 2.26 bits per heavy atom. The zero-order valence-electron chi connectivity index (χ0n) is 16.8. The van der Waals surface area contributed by atoms with Crippen LogP contribution in [0.25, 0.3) is 6.08 Å². The van der Waals surface area contributed by atoms with E-state index >= 15 is 0 Å². The first-order chi connectivity index (χ1) is 12.9. The summed E-state index contributed by atoms with van der Waals surface area (Å²) in [4.78, 5) is 12.3. The molecule has 0 saturated heterocycles. The maximum Gasteiger partial charge on any atom is 0.244 e. The zero-order valence-corrected chi connectivity index (χ0v) is 16.8. The van der Waals surface area contributed by atoms with Gasteiger partial charge >= 0.3 is 0 Å². The Labute approximate surface area is 161 Å². The van der Waals surface area contributed by atoms with Gasteiger partial charge in [-0.05, 0) is 55.7 Å². The number of methoxy groups -OCH3 is 3. The standard InChI is InChI=1S/C22H27NO4/c1-14-7-8-18(13-15(14)2)16(3)23-20(24)12-10-17-9-11-19(25-4)22(27-6)21(17)26-5/h7-13,16H,1-6H3,(H,23,24)/b12-10+/t16-/m1/s1. The van der Waals surface area contributed by atoms with E-state index in [1.54, 1.807) is 33.5 Å². The van der Waals surface area contributed by atoms with Crippen LogP contribution in [0.1, 0.15) is 35.2 Å². The summed E-state index contributed by atoms with van der Waals surface area (Å²) in [5, 5.41) is 2.98. The van der Waals surface area contributed by atoms with Crippen LogP contribution in [0, 0.1) is 13.8 Å². The van der Waals surface area contributed by atoms with Crippen molar-refractivity contribution in [2.75, 3.05) is 21.3 Å². The van der Waals surface area contributed by atoms with Gasteiger partial charge < -0.3 is 19.5 Å². The number of benzene rings is 2. The van der Waals surface area contributed by atoms with Gasteiger partial charge in [0, 0.05) is 11.6 Å². The summed E-state index contributed by atoms with van der Waals surface area (Å²) < 4.78 is 16.1. The lowest BCUT2D eigenvalue weighted by molar-refractivity contribution is -0.117. The lowest BCUT2D eigenvalue weighted by atomic mass is 10.0. The quantitative estimate of drug-likeness (QED) is 0.743. The number of nitrogens with one attached hydrogen (secondary N) is 1. The van der Waals surface area contributed by atoms with Crippen molar-refractivity contribution in [3.8, 4) is 17.2 Å². The van der Waals surface area contributed by atoms with Gasteiger partial charge in [0.15, 0.2) is 11.5 Å². The van der Waals surface area contributed by atoms with Crippen LogP contribution in [0.2, 0.25) is 0 Å². The lowest BCUT2D eigenvalue weighted by Gasteiger charge is -2.15. The van der Waals surface area contributed by atoms with Gasteiger partial charge in [-0.1, -0.05) is 18.2 Å². The van der Waals surface area contributed by atoms with E-state index < -0.39 is 0 Å². The Bertz CT molecular complexity index is 842. The van der Waals surface area contributed by atoms with Gasteiger partial charge in [-0.15, -0.1) is 0 Å². The minimum atomic E-state index is -0.183. The summed E-state index contributed by atoms with van der Waals surface area (Å²) in [6.07, 6.45) is 3.19. The Kier molecular flexibility index (Phi) is 6.88. The molecule has 1 atom stereocenters. The van der Waals surface area contributed by atoms with E-state index in [0.717, 1.165) is 11.1 Å². The highest BCUT2D eigenvalue weighted by Crippen LogP contribution is 2.40. The molecule has 0 heterocycles. The topological polar surface area (TPSA) is 56.8 Å². The molecular formula is C22H27NO4. The first kappa shape index (κ1) is 20.4. The number of rotatable bonds is 7. The lowest BCUT2D eigenvalue weighted by Crippen LogP contribution is -2.24. The van der Waals surface area contributed by atoms with Crippen molar-refractivity contribution in [3.63, 3.8) is 0 Å². The minimum absolute atomic E-state index is 0.0891. The highest BCUT2D eigenvalue weighted by atomic mass is 16.5. The second kappa shape index (κ2) is 9.12. The first-order valence-corrected chi connectivity index (χ1v) is 8.76. The summed E-state index contributed by atoms with van der Waals surface area (Å²) in [7, 11) is 4.66. The zero-order chi connectivity index (χ0) is 20.0. The molecule has 144 valence electrons. The normalized spacial score (nSPS) is 11.9. The third-order valence-electron chi connectivity index (χ3n) is 4.54. The molecule has 0 unspecified atom stereocenters. The summed E-state index contributed by atoms with van der Waals surface area (Å²) >= 11 is 0. The number of hydrogen-bond donors (Lipinski definition) is 1. The molecule has 2 aromatic carbocycles. The smallest absolute Gasteiger partial charge is 0.244 e. The second-order valence-corrected chi connectivity index (χ2v) is 6.33. The SMILES string of the molecule is COc1ccc(/C=C/C(=O)N[C@H](C)c2ccc(C)c(C)c2)c(OC)c1OC. The fourth-order valence-electron chi connectivity index (χ4n) is 2.80. The second-order valence-electron chi connectivity index (χ2n) is 6.33. The van der Waals surface area contributed by atoms with Crippen molar-refractivity contribution in [1.82, 2.24) is 5.32 Å². The molecule has 0 saturated carbocycles. The van der Waals surface area contributed by atoms with Gasteiger partial charge in [0.1, 0.15) is 0 Å². The monoisotopic (exact) mass is 369 g/mol. The first-order valence-electron chi connectivity index (χ1n) is 8.76. The summed E-state index contributed by atoms with van der Waals surface area (Å²) in [6, 6.07) is 9.70. The molecule has 1 N–H and O–H groups in total. The van der Waals surface area contributed by atoms with Crippen LogP contribution >= 0.6 is 0 Å². The molecule has 0 fully saturated rings. The fraction of sp³-hybridized carbons (Fsp3) is 0.318. The largest absolute Gasteiger partial charge is 0.493 e. The molecule has 0 bridgehead atoms. The Morgan fingerprint density at radius 2 is 1.67 bits per heavy atom. The highest BCUT2D eigenvalue weighted by Gasteiger charge is 2.14.